The molecule has 0 saturated carbocycles. The number of nitro benzene ring substituents is 1. The normalized spacial score (nSPS) is 15.8. The summed E-state index contributed by atoms with van der Waals surface area (Å²) in [5.74, 6) is -0.844. The largest absolute Gasteiger partial charge is 0.376 e. The highest BCUT2D eigenvalue weighted by Crippen LogP contribution is 2.21. The minimum Gasteiger partial charge on any atom is -0.376 e. The summed E-state index contributed by atoms with van der Waals surface area (Å²) in [6, 6.07) is 10.9. The molecule has 1 aliphatic heterocycles. The molecule has 146 valence electrons. The number of benzene rings is 2. The Morgan fingerprint density at radius 2 is 2.00 bits per heavy atom. The molecule has 2 N–H and O–H groups in total. The Kier molecular flexibility index (Phi) is 6.00. The van der Waals surface area contributed by atoms with Gasteiger partial charge in [-0.25, -0.2) is 0 Å². The van der Waals surface area contributed by atoms with E-state index in [4.69, 9.17) is 4.74 Å². The molecule has 1 aliphatic rings. The van der Waals surface area contributed by atoms with Crippen molar-refractivity contribution in [2.45, 2.75) is 25.9 Å². The lowest BCUT2D eigenvalue weighted by Gasteiger charge is -2.14. The summed E-state index contributed by atoms with van der Waals surface area (Å²) in [7, 11) is 0. The second-order valence-corrected chi connectivity index (χ2v) is 6.60. The van der Waals surface area contributed by atoms with Crippen molar-refractivity contribution < 1.29 is 19.2 Å². The van der Waals surface area contributed by atoms with Crippen molar-refractivity contribution in [1.29, 1.82) is 0 Å². The number of hydrogen-bond acceptors (Lipinski definition) is 5. The maximum absolute atomic E-state index is 12.6. The molecule has 1 atom stereocenters. The molecule has 1 saturated heterocycles. The van der Waals surface area contributed by atoms with Crippen LogP contribution in [0.1, 0.15) is 39.1 Å². The quantitative estimate of drug-likeness (QED) is 0.588. The standard InChI is InChI=1S/C20H21N3O5/c1-13-8-9-14(11-18(13)23(26)27)19(24)22-17-7-3-2-6-16(17)20(25)21-12-15-5-4-10-28-15/h2-3,6-9,11,15H,4-5,10,12H2,1H3,(H,21,25)(H,22,24)/t15-/m1/s1. The molecule has 8 nitrogen and oxygen atoms in total. The van der Waals surface area contributed by atoms with Crippen LogP contribution in [0.2, 0.25) is 0 Å². The van der Waals surface area contributed by atoms with Gasteiger partial charge in [0, 0.05) is 30.3 Å². The fraction of sp³-hybridized carbons (Fsp3) is 0.300. The van der Waals surface area contributed by atoms with Crippen molar-refractivity contribution in [2.75, 3.05) is 18.5 Å². The predicted octanol–water partition coefficient (Wildman–Crippen LogP) is 3.06. The first-order valence-electron chi connectivity index (χ1n) is 9.01. The molecule has 1 fully saturated rings. The van der Waals surface area contributed by atoms with Crippen LogP contribution in [-0.2, 0) is 4.74 Å². The maximum atomic E-state index is 12.6. The third kappa shape index (κ3) is 4.52. The molecule has 0 bridgehead atoms. The molecule has 0 aromatic heterocycles. The summed E-state index contributed by atoms with van der Waals surface area (Å²) < 4.78 is 5.49. The monoisotopic (exact) mass is 383 g/mol. The first kappa shape index (κ1) is 19.5. The number of para-hydroxylation sites is 1. The number of aryl methyl sites for hydroxylation is 1. The predicted molar refractivity (Wildman–Crippen MR) is 104 cm³/mol. The van der Waals surface area contributed by atoms with Crippen LogP contribution in [0.25, 0.3) is 0 Å². The number of carbonyl (C=O) groups is 2. The first-order chi connectivity index (χ1) is 13.5. The third-order valence-electron chi connectivity index (χ3n) is 4.60. The van der Waals surface area contributed by atoms with Crippen LogP contribution in [0, 0.1) is 17.0 Å². The highest BCUT2D eigenvalue weighted by molar-refractivity contribution is 6.09. The van der Waals surface area contributed by atoms with Crippen LogP contribution >= 0.6 is 0 Å². The zero-order chi connectivity index (χ0) is 20.1. The topological polar surface area (TPSA) is 111 Å². The van der Waals surface area contributed by atoms with Gasteiger partial charge in [0.1, 0.15) is 0 Å². The van der Waals surface area contributed by atoms with E-state index in [0.717, 1.165) is 12.8 Å². The van der Waals surface area contributed by atoms with Crippen LogP contribution in [0.5, 0.6) is 0 Å². The number of ether oxygens (including phenoxy) is 1. The van der Waals surface area contributed by atoms with E-state index in [1.54, 1.807) is 31.2 Å². The van der Waals surface area contributed by atoms with Crippen LogP contribution in [-0.4, -0.2) is 36.0 Å². The van der Waals surface area contributed by atoms with Gasteiger partial charge in [-0.1, -0.05) is 18.2 Å². The number of rotatable bonds is 6. The van der Waals surface area contributed by atoms with Crippen LogP contribution < -0.4 is 10.6 Å². The Labute approximate surface area is 162 Å². The molecule has 2 aromatic rings. The molecule has 0 radical (unpaired) electrons. The molecule has 2 amide bonds. The van der Waals surface area contributed by atoms with Crippen molar-refractivity contribution in [3.8, 4) is 0 Å². The molecule has 28 heavy (non-hydrogen) atoms. The van der Waals surface area contributed by atoms with Gasteiger partial charge in [-0.05, 0) is 38.0 Å². The average Bonchev–Trinajstić information content (AvgIpc) is 3.20. The van der Waals surface area contributed by atoms with E-state index in [9.17, 15) is 19.7 Å². The lowest BCUT2D eigenvalue weighted by atomic mass is 10.1. The number of amides is 2. The minimum absolute atomic E-state index is 0.0128. The van der Waals surface area contributed by atoms with E-state index in [1.165, 1.54) is 18.2 Å². The van der Waals surface area contributed by atoms with E-state index in [0.29, 0.717) is 30.0 Å². The van der Waals surface area contributed by atoms with E-state index in [1.807, 2.05) is 0 Å². The fourth-order valence-electron chi connectivity index (χ4n) is 3.04. The van der Waals surface area contributed by atoms with Gasteiger partial charge in [0.25, 0.3) is 17.5 Å². The van der Waals surface area contributed by atoms with Gasteiger partial charge in [-0.2, -0.15) is 0 Å². The molecule has 8 heteroatoms. The molecule has 2 aromatic carbocycles. The van der Waals surface area contributed by atoms with E-state index < -0.39 is 10.8 Å². The number of hydrogen-bond donors (Lipinski definition) is 2. The second-order valence-electron chi connectivity index (χ2n) is 6.60. The Morgan fingerprint density at radius 3 is 2.71 bits per heavy atom. The van der Waals surface area contributed by atoms with Gasteiger partial charge in [0.15, 0.2) is 0 Å². The molecule has 0 spiro atoms. The van der Waals surface area contributed by atoms with Gasteiger partial charge in [-0.3, -0.25) is 19.7 Å². The van der Waals surface area contributed by atoms with Gasteiger partial charge in [0.05, 0.1) is 22.3 Å². The highest BCUT2D eigenvalue weighted by atomic mass is 16.6. The number of carbonyl (C=O) groups excluding carboxylic acids is 2. The summed E-state index contributed by atoms with van der Waals surface area (Å²) in [5, 5.41) is 16.6. The SMILES string of the molecule is Cc1ccc(C(=O)Nc2ccccc2C(=O)NC[C@H]2CCCO2)cc1[N+](=O)[O-]. The second kappa shape index (κ2) is 8.62. The van der Waals surface area contributed by atoms with Crippen LogP contribution in [0.15, 0.2) is 42.5 Å². The average molecular weight is 383 g/mol. The van der Waals surface area contributed by atoms with Gasteiger partial charge < -0.3 is 15.4 Å². The number of nitrogens with one attached hydrogen (secondary N) is 2. The van der Waals surface area contributed by atoms with Crippen molar-refractivity contribution in [3.05, 3.63) is 69.3 Å². The summed E-state index contributed by atoms with van der Waals surface area (Å²) >= 11 is 0. The zero-order valence-corrected chi connectivity index (χ0v) is 15.4. The van der Waals surface area contributed by atoms with Crippen molar-refractivity contribution in [3.63, 3.8) is 0 Å². The summed E-state index contributed by atoms with van der Waals surface area (Å²) in [4.78, 5) is 35.6. The fourth-order valence-corrected chi connectivity index (χ4v) is 3.04. The Balaban J connectivity index is 1.73. The summed E-state index contributed by atoms with van der Waals surface area (Å²) in [6.45, 7) is 2.72. The molecule has 0 aliphatic carbocycles. The van der Waals surface area contributed by atoms with Crippen molar-refractivity contribution in [1.82, 2.24) is 5.32 Å². The van der Waals surface area contributed by atoms with Crippen LogP contribution in [0.3, 0.4) is 0 Å². The maximum Gasteiger partial charge on any atom is 0.273 e. The first-order valence-corrected chi connectivity index (χ1v) is 9.01. The van der Waals surface area contributed by atoms with Crippen LogP contribution in [0.4, 0.5) is 11.4 Å². The van der Waals surface area contributed by atoms with Gasteiger partial charge in [0.2, 0.25) is 0 Å². The molecular weight excluding hydrogens is 362 g/mol. The number of nitro groups is 1. The molecule has 3 rings (SSSR count). The lowest BCUT2D eigenvalue weighted by Crippen LogP contribution is -2.32. The Bertz CT molecular complexity index is 906. The third-order valence-corrected chi connectivity index (χ3v) is 4.60. The molecule has 1 heterocycles. The molecular formula is C20H21N3O5. The van der Waals surface area contributed by atoms with Crippen molar-refractivity contribution >= 4 is 23.2 Å². The number of anilines is 1. The van der Waals surface area contributed by atoms with E-state index in [-0.39, 0.29) is 23.3 Å². The smallest absolute Gasteiger partial charge is 0.273 e. The summed E-state index contributed by atoms with van der Waals surface area (Å²) in [5.41, 5.74) is 1.13. The zero-order valence-electron chi connectivity index (χ0n) is 15.4. The van der Waals surface area contributed by atoms with Gasteiger partial charge >= 0.3 is 0 Å². The Morgan fingerprint density at radius 1 is 1.21 bits per heavy atom. The lowest BCUT2D eigenvalue weighted by molar-refractivity contribution is -0.385. The summed E-state index contributed by atoms with van der Waals surface area (Å²) in [6.07, 6.45) is 1.90. The van der Waals surface area contributed by atoms with Gasteiger partial charge in [-0.15, -0.1) is 0 Å². The van der Waals surface area contributed by atoms with E-state index in [2.05, 4.69) is 10.6 Å². The van der Waals surface area contributed by atoms with E-state index >= 15 is 0 Å². The molecule has 0 unspecified atom stereocenters. The Hall–Kier alpha value is -3.26. The minimum atomic E-state index is -0.529. The number of nitrogens with zero attached hydrogens (tertiary/aromatic N) is 1. The highest BCUT2D eigenvalue weighted by Gasteiger charge is 2.20. The van der Waals surface area contributed by atoms with Crippen molar-refractivity contribution in [2.24, 2.45) is 0 Å².